The summed E-state index contributed by atoms with van der Waals surface area (Å²) in [5.74, 6) is 0.774. The molecule has 3 aromatic rings. The van der Waals surface area contributed by atoms with Crippen molar-refractivity contribution >= 4 is 36.9 Å². The van der Waals surface area contributed by atoms with Crippen LogP contribution in [0.5, 0.6) is 0 Å². The molecule has 1 aliphatic rings. The van der Waals surface area contributed by atoms with Crippen LogP contribution in [0.25, 0.3) is 22.9 Å². The SMILES string of the molecule is COC.[B]c1ccc(-c2nnc(-c3ccnc(Cl)c3)o2)c(N2CCC(C)(C=O)CC2)c1. The zero-order chi connectivity index (χ0) is 22.4. The first kappa shape index (κ1) is 23.0. The number of piperidine rings is 1. The molecule has 0 unspecified atom stereocenters. The number of hydrogen-bond acceptors (Lipinski definition) is 7. The lowest BCUT2D eigenvalue weighted by Gasteiger charge is -2.37. The van der Waals surface area contributed by atoms with E-state index in [0.29, 0.717) is 28.0 Å². The summed E-state index contributed by atoms with van der Waals surface area (Å²) in [6.45, 7) is 3.51. The Bertz CT molecular complexity index is 1040. The van der Waals surface area contributed by atoms with Crippen molar-refractivity contribution in [3.63, 3.8) is 0 Å². The summed E-state index contributed by atoms with van der Waals surface area (Å²) >= 11 is 5.95. The highest BCUT2D eigenvalue weighted by molar-refractivity contribution is 6.32. The molecule has 1 aliphatic heterocycles. The number of aromatic nitrogens is 3. The van der Waals surface area contributed by atoms with Crippen molar-refractivity contribution in [1.82, 2.24) is 15.2 Å². The third kappa shape index (κ3) is 5.51. The van der Waals surface area contributed by atoms with Crippen molar-refractivity contribution in [1.29, 1.82) is 0 Å². The Morgan fingerprint density at radius 2 is 1.84 bits per heavy atom. The monoisotopic (exact) mass is 438 g/mol. The van der Waals surface area contributed by atoms with E-state index in [1.165, 1.54) is 0 Å². The molecule has 0 spiro atoms. The van der Waals surface area contributed by atoms with Crippen molar-refractivity contribution in [3.05, 3.63) is 41.7 Å². The van der Waals surface area contributed by atoms with Crippen LogP contribution in [0, 0.1) is 5.41 Å². The molecule has 0 atom stereocenters. The normalized spacial score (nSPS) is 15.2. The predicted molar refractivity (Wildman–Crippen MR) is 122 cm³/mol. The number of aldehydes is 1. The molecule has 1 fully saturated rings. The van der Waals surface area contributed by atoms with Gasteiger partial charge in [0.2, 0.25) is 11.8 Å². The number of carbonyl (C=O) groups is 1. The molecule has 0 bridgehead atoms. The number of ether oxygens (including phenoxy) is 1. The fourth-order valence-electron chi connectivity index (χ4n) is 3.35. The van der Waals surface area contributed by atoms with Crippen molar-refractivity contribution in [2.24, 2.45) is 5.41 Å². The van der Waals surface area contributed by atoms with Crippen LogP contribution in [-0.2, 0) is 9.53 Å². The fraction of sp³-hybridized carbons (Fsp3) is 0.364. The lowest BCUT2D eigenvalue weighted by Crippen LogP contribution is -2.40. The maximum Gasteiger partial charge on any atom is 0.250 e. The van der Waals surface area contributed by atoms with Gasteiger partial charge in [0.05, 0.1) is 5.56 Å². The number of nitrogens with zero attached hydrogens (tertiary/aromatic N) is 4. The second-order valence-corrected chi connectivity index (χ2v) is 8.11. The summed E-state index contributed by atoms with van der Waals surface area (Å²) in [5, 5.41) is 8.73. The van der Waals surface area contributed by atoms with Crippen LogP contribution >= 0.6 is 11.6 Å². The van der Waals surface area contributed by atoms with Gasteiger partial charge in [-0.25, -0.2) is 4.98 Å². The Kier molecular flexibility index (Phi) is 7.46. The molecule has 0 N–H and O–H groups in total. The average molecular weight is 439 g/mol. The van der Waals surface area contributed by atoms with Gasteiger partial charge in [0.1, 0.15) is 19.3 Å². The van der Waals surface area contributed by atoms with Crippen LogP contribution in [0.15, 0.2) is 40.9 Å². The Labute approximate surface area is 188 Å². The minimum Gasteiger partial charge on any atom is -0.416 e. The van der Waals surface area contributed by atoms with Crippen LogP contribution in [0.1, 0.15) is 19.8 Å². The molecule has 0 aliphatic carbocycles. The highest BCUT2D eigenvalue weighted by Gasteiger charge is 2.31. The maximum atomic E-state index is 11.3. The third-order valence-electron chi connectivity index (χ3n) is 5.18. The van der Waals surface area contributed by atoms with Crippen LogP contribution in [0.2, 0.25) is 5.15 Å². The molecule has 4 rings (SSSR count). The summed E-state index contributed by atoms with van der Waals surface area (Å²) in [6.07, 6.45) is 4.23. The van der Waals surface area contributed by atoms with Crippen LogP contribution in [-0.4, -0.2) is 56.6 Å². The molecule has 2 radical (unpaired) electrons. The first-order valence-corrected chi connectivity index (χ1v) is 10.2. The average Bonchev–Trinajstić information content (AvgIpc) is 3.25. The van der Waals surface area contributed by atoms with Gasteiger partial charge in [-0.2, -0.15) is 0 Å². The van der Waals surface area contributed by atoms with E-state index in [9.17, 15) is 4.79 Å². The van der Waals surface area contributed by atoms with Gasteiger partial charge in [-0.3, -0.25) is 0 Å². The summed E-state index contributed by atoms with van der Waals surface area (Å²) in [4.78, 5) is 17.5. The Balaban J connectivity index is 0.000000858. The van der Waals surface area contributed by atoms with Gasteiger partial charge in [0.25, 0.3) is 0 Å². The van der Waals surface area contributed by atoms with Gasteiger partial charge in [-0.1, -0.05) is 30.1 Å². The highest BCUT2D eigenvalue weighted by Crippen LogP contribution is 2.36. The number of pyridine rings is 1. The minimum absolute atomic E-state index is 0.269. The van der Waals surface area contributed by atoms with Crippen LogP contribution in [0.4, 0.5) is 5.69 Å². The fourth-order valence-corrected chi connectivity index (χ4v) is 3.53. The number of hydrogen-bond donors (Lipinski definition) is 0. The van der Waals surface area contributed by atoms with Gasteiger partial charge in [0.15, 0.2) is 0 Å². The smallest absolute Gasteiger partial charge is 0.250 e. The van der Waals surface area contributed by atoms with Crippen molar-refractivity contribution in [2.75, 3.05) is 32.2 Å². The first-order chi connectivity index (χ1) is 14.9. The zero-order valence-corrected chi connectivity index (χ0v) is 18.6. The minimum atomic E-state index is -0.269. The van der Waals surface area contributed by atoms with Crippen molar-refractivity contribution in [3.8, 4) is 22.9 Å². The van der Waals surface area contributed by atoms with Crippen LogP contribution < -0.4 is 10.4 Å². The first-order valence-electron chi connectivity index (χ1n) is 9.86. The van der Waals surface area contributed by atoms with E-state index in [1.54, 1.807) is 32.5 Å². The number of rotatable bonds is 4. The largest absolute Gasteiger partial charge is 0.416 e. The molecule has 9 heteroatoms. The summed E-state index contributed by atoms with van der Waals surface area (Å²) < 4.78 is 10.2. The summed E-state index contributed by atoms with van der Waals surface area (Å²) in [6, 6.07) is 9.04. The lowest BCUT2D eigenvalue weighted by atomic mass is 9.81. The van der Waals surface area contributed by atoms with Gasteiger partial charge >= 0.3 is 0 Å². The molecule has 160 valence electrons. The van der Waals surface area contributed by atoms with Gasteiger partial charge in [-0.05, 0) is 37.1 Å². The Hall–Kier alpha value is -2.71. The molecular formula is C22H24BClN4O3. The molecular weight excluding hydrogens is 415 g/mol. The van der Waals surface area contributed by atoms with Crippen LogP contribution in [0.3, 0.4) is 0 Å². The van der Waals surface area contributed by atoms with E-state index < -0.39 is 0 Å². The second kappa shape index (κ2) is 10.1. The maximum absolute atomic E-state index is 11.3. The number of carbonyl (C=O) groups excluding carboxylic acids is 1. The molecule has 1 aromatic carbocycles. The topological polar surface area (TPSA) is 81.3 Å². The summed E-state index contributed by atoms with van der Waals surface area (Å²) in [5.41, 5.74) is 2.83. The van der Waals surface area contributed by atoms with E-state index in [4.69, 9.17) is 23.9 Å². The standard InChI is InChI=1S/C20H18BClN4O2.C2H6O/c1-20(12-27)5-8-26(9-6-20)16-11-14(21)2-3-15(16)19-25-24-18(28-19)13-4-7-23-17(22)10-13;1-3-2/h2-4,7,10-12H,5-6,8-9H2,1H3;1-2H3. The lowest BCUT2D eigenvalue weighted by molar-refractivity contribution is -0.116. The van der Waals surface area contributed by atoms with E-state index in [-0.39, 0.29) is 5.41 Å². The quantitative estimate of drug-likeness (QED) is 0.351. The van der Waals surface area contributed by atoms with E-state index >= 15 is 0 Å². The number of methoxy groups -OCH3 is 1. The highest BCUT2D eigenvalue weighted by atomic mass is 35.5. The predicted octanol–water partition coefficient (Wildman–Crippen LogP) is 3.31. The molecule has 31 heavy (non-hydrogen) atoms. The van der Waals surface area contributed by atoms with Gasteiger partial charge in [-0.15, -0.1) is 10.2 Å². The third-order valence-corrected chi connectivity index (χ3v) is 5.39. The van der Waals surface area contributed by atoms with E-state index in [1.807, 2.05) is 25.1 Å². The Morgan fingerprint density at radius 1 is 1.16 bits per heavy atom. The molecule has 0 saturated carbocycles. The van der Waals surface area contributed by atoms with Crippen molar-refractivity contribution in [2.45, 2.75) is 19.8 Å². The molecule has 0 amide bonds. The molecule has 2 aromatic heterocycles. The van der Waals surface area contributed by atoms with E-state index in [0.717, 1.165) is 43.5 Å². The number of halogens is 1. The Morgan fingerprint density at radius 3 is 2.48 bits per heavy atom. The molecule has 7 nitrogen and oxygen atoms in total. The number of anilines is 1. The second-order valence-electron chi connectivity index (χ2n) is 7.72. The van der Waals surface area contributed by atoms with Gasteiger partial charge in [0, 0.05) is 50.2 Å². The number of benzene rings is 1. The zero-order valence-electron chi connectivity index (χ0n) is 17.8. The summed E-state index contributed by atoms with van der Waals surface area (Å²) in [7, 11) is 9.28. The van der Waals surface area contributed by atoms with E-state index in [2.05, 4.69) is 24.8 Å². The molecule has 3 heterocycles. The van der Waals surface area contributed by atoms with Gasteiger partial charge < -0.3 is 18.8 Å². The molecule has 1 saturated heterocycles. The van der Waals surface area contributed by atoms with Crippen molar-refractivity contribution < 1.29 is 13.9 Å².